The average Bonchev–Trinajstić information content (AvgIpc) is 3.07. The second-order valence-corrected chi connectivity index (χ2v) is 11.7. The molecular weight excluding hydrogens is 360 g/mol. The predicted octanol–water partition coefficient (Wildman–Crippen LogP) is 5.45. The first-order chi connectivity index (χ1) is 13.8. The van der Waals surface area contributed by atoms with Crippen LogP contribution in [-0.4, -0.2) is 29.2 Å². The van der Waals surface area contributed by atoms with Gasteiger partial charge in [0, 0.05) is 18.9 Å². The van der Waals surface area contributed by atoms with E-state index in [9.17, 15) is 9.90 Å². The molecule has 162 valence electrons. The molecule has 3 nitrogen and oxygen atoms in total. The van der Waals surface area contributed by atoms with Crippen LogP contribution in [0.1, 0.15) is 91.4 Å². The maximum Gasteiger partial charge on any atom is 0.133 e. The largest absolute Gasteiger partial charge is 0.387 e. The van der Waals surface area contributed by atoms with Gasteiger partial charge in [0.15, 0.2) is 0 Å². The van der Waals surface area contributed by atoms with Crippen LogP contribution in [0.2, 0.25) is 0 Å². The molecule has 5 aliphatic rings. The van der Waals surface area contributed by atoms with Gasteiger partial charge >= 0.3 is 0 Å². The maximum atomic E-state index is 12.3. The molecule has 4 aliphatic carbocycles. The van der Waals surface area contributed by atoms with Crippen LogP contribution in [0.4, 0.5) is 0 Å². The third-order valence-corrected chi connectivity index (χ3v) is 10.5. The summed E-state index contributed by atoms with van der Waals surface area (Å²) in [4.78, 5) is 12.3. The Balaban J connectivity index is 1.40. The molecule has 0 amide bonds. The van der Waals surface area contributed by atoms with Gasteiger partial charge in [-0.25, -0.2) is 0 Å². The van der Waals surface area contributed by atoms with E-state index in [0.717, 1.165) is 63.4 Å². The molecule has 3 saturated carbocycles. The Morgan fingerprint density at radius 1 is 1.07 bits per heavy atom. The molecule has 29 heavy (non-hydrogen) atoms. The van der Waals surface area contributed by atoms with E-state index in [4.69, 9.17) is 4.74 Å². The van der Waals surface area contributed by atoms with Gasteiger partial charge in [0.2, 0.25) is 0 Å². The van der Waals surface area contributed by atoms with Crippen LogP contribution in [0.25, 0.3) is 0 Å². The summed E-state index contributed by atoms with van der Waals surface area (Å²) in [5.41, 5.74) is 1.32. The van der Waals surface area contributed by atoms with Gasteiger partial charge in [-0.1, -0.05) is 25.5 Å². The molecule has 1 saturated heterocycles. The van der Waals surface area contributed by atoms with Crippen LogP contribution < -0.4 is 0 Å². The molecule has 5 rings (SSSR count). The van der Waals surface area contributed by atoms with Gasteiger partial charge in [0.05, 0.1) is 11.7 Å². The zero-order valence-corrected chi connectivity index (χ0v) is 18.7. The standard InChI is InChI=1S/C26H40O3/c1-17(27)20-9-10-21-19-8-7-18-16-26(28,23-6-4-5-15-29-23)14-13-24(18,2)22(19)11-12-25(20,21)3/h7,19-23,28H,4-6,8-16H2,1-3H3/t19?,20-,21?,22?,23?,24+,25-,26+/m1/s1. The van der Waals surface area contributed by atoms with Crippen LogP contribution in [-0.2, 0) is 9.53 Å². The fraction of sp³-hybridized carbons (Fsp3) is 0.885. The van der Waals surface area contributed by atoms with Gasteiger partial charge in [-0.2, -0.15) is 0 Å². The van der Waals surface area contributed by atoms with Crippen molar-refractivity contribution in [1.29, 1.82) is 0 Å². The monoisotopic (exact) mass is 400 g/mol. The van der Waals surface area contributed by atoms with E-state index in [-0.39, 0.29) is 22.9 Å². The third kappa shape index (κ3) is 2.93. The lowest BCUT2D eigenvalue weighted by molar-refractivity contribution is -0.152. The van der Waals surface area contributed by atoms with Gasteiger partial charge in [0.25, 0.3) is 0 Å². The average molecular weight is 401 g/mol. The van der Waals surface area contributed by atoms with E-state index in [1.807, 2.05) is 6.92 Å². The molecule has 1 N–H and O–H groups in total. The number of ether oxygens (including phenoxy) is 1. The Kier molecular flexibility index (Phi) is 4.83. The highest BCUT2D eigenvalue weighted by molar-refractivity contribution is 5.79. The second-order valence-electron chi connectivity index (χ2n) is 11.7. The smallest absolute Gasteiger partial charge is 0.133 e. The van der Waals surface area contributed by atoms with Gasteiger partial charge in [-0.3, -0.25) is 4.79 Å². The van der Waals surface area contributed by atoms with E-state index in [1.165, 1.54) is 31.3 Å². The number of fused-ring (bicyclic) bond motifs is 5. The second kappa shape index (κ2) is 6.92. The topological polar surface area (TPSA) is 46.5 Å². The van der Waals surface area contributed by atoms with Crippen molar-refractivity contribution in [2.45, 2.75) is 103 Å². The fourth-order valence-corrected chi connectivity index (χ4v) is 8.78. The zero-order valence-electron chi connectivity index (χ0n) is 18.7. The van der Waals surface area contributed by atoms with E-state index in [0.29, 0.717) is 11.7 Å². The number of carbonyl (C=O) groups excluding carboxylic acids is 1. The molecule has 0 aromatic carbocycles. The van der Waals surface area contributed by atoms with Crippen molar-refractivity contribution < 1.29 is 14.6 Å². The van der Waals surface area contributed by atoms with Gasteiger partial charge in [-0.15, -0.1) is 0 Å². The van der Waals surface area contributed by atoms with Crippen molar-refractivity contribution >= 4 is 5.78 Å². The Labute approximate surface area is 176 Å². The SMILES string of the molecule is CC(=O)[C@H]1CCC2C3CC=C4C[C@](O)(C5CCCCO5)CC[C@]4(C)C3CC[C@@]21C. The number of hydrogen-bond acceptors (Lipinski definition) is 3. The first-order valence-corrected chi connectivity index (χ1v) is 12.3. The fourth-order valence-electron chi connectivity index (χ4n) is 8.78. The Hall–Kier alpha value is -0.670. The predicted molar refractivity (Wildman–Crippen MR) is 114 cm³/mol. The summed E-state index contributed by atoms with van der Waals surface area (Å²) in [5.74, 6) is 2.85. The van der Waals surface area contributed by atoms with Crippen molar-refractivity contribution in [3.8, 4) is 0 Å². The normalized spacial score (nSPS) is 52.1. The number of aliphatic hydroxyl groups is 1. The molecule has 4 fully saturated rings. The van der Waals surface area contributed by atoms with Crippen LogP contribution >= 0.6 is 0 Å². The lowest BCUT2D eigenvalue weighted by atomic mass is 9.46. The number of ketones is 1. The summed E-state index contributed by atoms with van der Waals surface area (Å²) in [5, 5.41) is 11.5. The molecule has 8 atom stereocenters. The summed E-state index contributed by atoms with van der Waals surface area (Å²) < 4.78 is 6.03. The molecule has 0 spiro atoms. The molecule has 0 bridgehead atoms. The van der Waals surface area contributed by atoms with Crippen LogP contribution in [0.3, 0.4) is 0 Å². The maximum absolute atomic E-state index is 12.3. The zero-order chi connectivity index (χ0) is 20.4. The van der Waals surface area contributed by atoms with Crippen molar-refractivity contribution in [1.82, 2.24) is 0 Å². The van der Waals surface area contributed by atoms with Crippen molar-refractivity contribution in [2.75, 3.05) is 6.61 Å². The molecule has 0 radical (unpaired) electrons. The minimum Gasteiger partial charge on any atom is -0.387 e. The molecule has 1 aliphatic heterocycles. The Bertz CT molecular complexity index is 707. The molecule has 4 unspecified atom stereocenters. The molecular formula is C26H40O3. The van der Waals surface area contributed by atoms with Crippen LogP contribution in [0.5, 0.6) is 0 Å². The van der Waals surface area contributed by atoms with Crippen molar-refractivity contribution in [3.63, 3.8) is 0 Å². The van der Waals surface area contributed by atoms with Crippen LogP contribution in [0, 0.1) is 34.5 Å². The highest BCUT2D eigenvalue weighted by atomic mass is 16.5. The lowest BCUT2D eigenvalue weighted by Gasteiger charge is -2.59. The minimum absolute atomic E-state index is 0.0280. The highest BCUT2D eigenvalue weighted by Crippen LogP contribution is 2.67. The molecule has 0 aromatic heterocycles. The first-order valence-electron chi connectivity index (χ1n) is 12.3. The third-order valence-electron chi connectivity index (χ3n) is 10.5. The van der Waals surface area contributed by atoms with Gasteiger partial charge < -0.3 is 9.84 Å². The number of rotatable bonds is 2. The summed E-state index contributed by atoms with van der Waals surface area (Å²) in [7, 11) is 0. The Morgan fingerprint density at radius 2 is 1.90 bits per heavy atom. The lowest BCUT2D eigenvalue weighted by Crippen LogP contribution is -2.55. The number of hydrogen-bond donors (Lipinski definition) is 1. The summed E-state index contributed by atoms with van der Waals surface area (Å²) in [6.07, 6.45) is 14.6. The summed E-state index contributed by atoms with van der Waals surface area (Å²) in [6.45, 7) is 7.55. The van der Waals surface area contributed by atoms with E-state index >= 15 is 0 Å². The number of allylic oxidation sites excluding steroid dienone is 1. The van der Waals surface area contributed by atoms with Crippen molar-refractivity contribution in [2.24, 2.45) is 34.5 Å². The quantitative estimate of drug-likeness (QED) is 0.627. The summed E-state index contributed by atoms with van der Waals surface area (Å²) >= 11 is 0. The van der Waals surface area contributed by atoms with Crippen molar-refractivity contribution in [3.05, 3.63) is 11.6 Å². The summed E-state index contributed by atoms with van der Waals surface area (Å²) in [6, 6.07) is 0. The van der Waals surface area contributed by atoms with E-state index in [1.54, 1.807) is 0 Å². The first kappa shape index (κ1) is 20.2. The highest BCUT2D eigenvalue weighted by Gasteiger charge is 2.60. The van der Waals surface area contributed by atoms with E-state index in [2.05, 4.69) is 19.9 Å². The number of carbonyl (C=O) groups is 1. The minimum atomic E-state index is -0.658. The molecule has 3 heteroatoms. The van der Waals surface area contributed by atoms with Crippen LogP contribution in [0.15, 0.2) is 11.6 Å². The Morgan fingerprint density at radius 3 is 2.62 bits per heavy atom. The van der Waals surface area contributed by atoms with Gasteiger partial charge in [0.1, 0.15) is 5.78 Å². The molecule has 1 heterocycles. The number of Topliss-reactive ketones (excluding diaryl/α,β-unsaturated/α-hetero) is 1. The molecule has 0 aromatic rings. The van der Waals surface area contributed by atoms with Gasteiger partial charge in [-0.05, 0) is 99.7 Å². The van der Waals surface area contributed by atoms with E-state index < -0.39 is 5.60 Å².